The molecule has 0 spiro atoms. The third-order valence-electron chi connectivity index (χ3n) is 18.1. The lowest BCUT2D eigenvalue weighted by molar-refractivity contribution is -0.147. The van der Waals surface area contributed by atoms with Crippen LogP contribution >= 0.6 is 0 Å². The second kappa shape index (κ2) is 37.1. The molecule has 0 aromatic heterocycles. The summed E-state index contributed by atoms with van der Waals surface area (Å²) in [6, 6.07) is 56.1. The molecule has 8 aromatic rings. The molecule has 0 saturated carbocycles. The SMILES string of the molecule is C=CCOC(=O)[C@@H]1C[C@@H](Oc2cccc(C(=N)N)c2)CN1C(=O)c1ccccc1.N=C(N)c1cccc(O[C@H]2CN[C@H](C(=O)N3CCCCC3)C2)c1.N=C(N)c1cccc(O[C@H]2CN[C@H](C(=O)Nc3cccc4ccccc34)C2)c1.[C-]#[N+]c1ccc(NC(=O)[C@@H]2CC(Oc3cccc(C(=N)N)c3)CN2)cc1. The lowest BCUT2D eigenvalue weighted by atomic mass is 10.1. The van der Waals surface area contributed by atoms with Gasteiger partial charge in [-0.05, 0) is 104 Å². The van der Waals surface area contributed by atoms with Gasteiger partial charge in [0, 0.05) is 103 Å². The van der Waals surface area contributed by atoms with Crippen LogP contribution in [0.4, 0.5) is 17.1 Å². The van der Waals surface area contributed by atoms with Crippen LogP contribution in [-0.4, -0.2) is 157 Å². The number of anilines is 2. The number of esters is 1. The van der Waals surface area contributed by atoms with Crippen molar-refractivity contribution in [2.45, 2.75) is 93.5 Å². The maximum atomic E-state index is 13.0. The van der Waals surface area contributed by atoms with E-state index < -0.39 is 18.1 Å². The monoisotopic (exact) mass is 1430 g/mol. The molecule has 5 heterocycles. The van der Waals surface area contributed by atoms with Crippen molar-refractivity contribution in [3.05, 3.63) is 246 Å². The molecule has 5 saturated heterocycles. The zero-order chi connectivity index (χ0) is 75.1. The fourth-order valence-corrected chi connectivity index (χ4v) is 12.7. The number of nitrogens with zero attached hydrogens (tertiary/aromatic N) is 3. The van der Waals surface area contributed by atoms with Crippen molar-refractivity contribution in [1.29, 1.82) is 21.6 Å². The van der Waals surface area contributed by atoms with Crippen LogP contribution in [0.1, 0.15) is 77.6 Å². The smallest absolute Gasteiger partial charge is 0.329 e. The molecule has 17 N–H and O–H groups in total. The Kier molecular flexibility index (Phi) is 26.7. The van der Waals surface area contributed by atoms with Crippen molar-refractivity contribution in [2.24, 2.45) is 22.9 Å². The summed E-state index contributed by atoms with van der Waals surface area (Å²) in [4.78, 5) is 69.9. The van der Waals surface area contributed by atoms with Gasteiger partial charge in [-0.15, -0.1) is 0 Å². The van der Waals surface area contributed by atoms with Crippen molar-refractivity contribution in [3.8, 4) is 23.0 Å². The normalized spacial score (nSPS) is 19.8. The van der Waals surface area contributed by atoms with Crippen molar-refractivity contribution >= 4 is 80.8 Å². The highest BCUT2D eigenvalue weighted by Gasteiger charge is 2.42. The molecule has 0 radical (unpaired) electrons. The summed E-state index contributed by atoms with van der Waals surface area (Å²) in [6.45, 7) is 14.4. The lowest BCUT2D eigenvalue weighted by Crippen LogP contribution is -2.45. The number of fused-ring (bicyclic) bond motifs is 1. The van der Waals surface area contributed by atoms with Gasteiger partial charge in [-0.3, -0.25) is 40.8 Å². The van der Waals surface area contributed by atoms with Gasteiger partial charge in [-0.1, -0.05) is 128 Å². The zero-order valence-corrected chi connectivity index (χ0v) is 58.5. The second-order valence-electron chi connectivity index (χ2n) is 25.9. The Morgan fingerprint density at radius 2 is 0.943 bits per heavy atom. The van der Waals surface area contributed by atoms with Crippen molar-refractivity contribution in [1.82, 2.24) is 25.8 Å². The maximum absolute atomic E-state index is 13.0. The Morgan fingerprint density at radius 3 is 1.43 bits per heavy atom. The summed E-state index contributed by atoms with van der Waals surface area (Å²) in [7, 11) is 0. The van der Waals surface area contributed by atoms with E-state index in [1.54, 1.807) is 127 Å². The summed E-state index contributed by atoms with van der Waals surface area (Å²) in [5, 5.41) is 47.7. The molecular weight excluding hydrogens is 1340 g/mol. The molecule has 1 unspecified atom stereocenters. The minimum atomic E-state index is -0.747. The van der Waals surface area contributed by atoms with Gasteiger partial charge in [-0.25, -0.2) is 9.64 Å². The van der Waals surface area contributed by atoms with E-state index in [2.05, 4.69) is 38.0 Å². The largest absolute Gasteiger partial charge is 0.489 e. The summed E-state index contributed by atoms with van der Waals surface area (Å²) < 4.78 is 29.0. The van der Waals surface area contributed by atoms with Gasteiger partial charge in [-0.2, -0.15) is 0 Å². The summed E-state index contributed by atoms with van der Waals surface area (Å²) in [5.41, 5.74) is 26.9. The van der Waals surface area contributed by atoms with Crippen LogP contribution in [0.5, 0.6) is 23.0 Å². The van der Waals surface area contributed by atoms with Crippen LogP contribution in [0.15, 0.2) is 207 Å². The van der Waals surface area contributed by atoms with Gasteiger partial charge in [0.05, 0.1) is 31.2 Å². The predicted molar refractivity (Wildman–Crippen MR) is 408 cm³/mol. The standard InChI is InChI=1S/C22H22N4O2.C22H23N3O4.C19H19N5O2.C17H24N4O2/c23-21(24)15-7-3-8-16(11-15)28-17-12-20(25-13-17)22(27)26-19-10-4-6-14-5-1-2-9-18(14)19;1-2-11-28-22(27)19-13-18(29-17-10-6-9-16(12-17)20(23)24)14-25(19)21(26)15-7-4-3-5-8-15;1-22-13-5-7-14(8-6-13)24-19(25)17-10-16(11-23-17)26-15-4-2-3-12(9-15)18(20)21;18-16(19)12-5-4-6-13(9-12)23-14-10-15(20-11-14)17(22)21-7-2-1-3-8-21/h1-11,17,20,25H,12-13H2,(H3,23,24)(H,26,27);2-10,12,18-19H,1,11,13-14H2,(H3,23,24);2-9,16-17,23H,10-11H2,(H3,20,21)(H,24,25);4-6,9,14-15,20H,1-3,7-8,10-11H2,(H3,18,19)/t17-,20+;18-,19+;16?,17-;14-,15+/m1101/s1. The van der Waals surface area contributed by atoms with E-state index in [-0.39, 0.29) is 96.6 Å². The molecule has 5 aliphatic heterocycles. The van der Waals surface area contributed by atoms with Crippen molar-refractivity contribution < 1.29 is 47.7 Å². The molecule has 5 fully saturated rings. The Bertz CT molecular complexity index is 4500. The number of nitrogens with one attached hydrogen (secondary N) is 9. The number of hydrogen-bond donors (Lipinski definition) is 13. The van der Waals surface area contributed by atoms with E-state index in [1.807, 2.05) is 71.6 Å². The van der Waals surface area contributed by atoms with Crippen LogP contribution in [0.2, 0.25) is 0 Å². The molecule has 8 atom stereocenters. The fraction of sp³-hybridized carbons (Fsp3) is 0.275. The number of ether oxygens (including phenoxy) is 5. The quantitative estimate of drug-likeness (QED) is 0.0105. The number of carbonyl (C=O) groups is 5. The minimum Gasteiger partial charge on any atom is -0.489 e. The van der Waals surface area contributed by atoms with E-state index >= 15 is 0 Å². The summed E-state index contributed by atoms with van der Waals surface area (Å²) >= 11 is 0. The van der Waals surface area contributed by atoms with Gasteiger partial charge in [0.25, 0.3) is 5.91 Å². The summed E-state index contributed by atoms with van der Waals surface area (Å²) in [5.74, 6) is 1.70. The van der Waals surface area contributed by atoms with Gasteiger partial charge in [0.15, 0.2) is 5.69 Å². The van der Waals surface area contributed by atoms with Crippen LogP contribution in [0, 0.1) is 28.2 Å². The first-order chi connectivity index (χ1) is 51.3. The number of nitrogen functional groups attached to an aromatic ring is 4. The number of amides is 4. The van der Waals surface area contributed by atoms with Crippen LogP contribution in [0.25, 0.3) is 15.6 Å². The second-order valence-corrected chi connectivity index (χ2v) is 25.9. The first-order valence-electron chi connectivity index (χ1n) is 34.9. The van der Waals surface area contributed by atoms with E-state index in [0.717, 1.165) is 42.4 Å². The number of benzene rings is 8. The number of nitrogens with two attached hydrogens (primary N) is 4. The zero-order valence-electron chi connectivity index (χ0n) is 58.5. The number of amidine groups is 4. The summed E-state index contributed by atoms with van der Waals surface area (Å²) in [6.07, 6.45) is 6.32. The van der Waals surface area contributed by atoms with Gasteiger partial charge >= 0.3 is 5.97 Å². The molecule has 13 rings (SSSR count). The van der Waals surface area contributed by atoms with Crippen molar-refractivity contribution in [2.75, 3.05) is 56.5 Å². The highest BCUT2D eigenvalue weighted by Crippen LogP contribution is 2.30. The highest BCUT2D eigenvalue weighted by atomic mass is 16.5. The molecule has 26 heteroatoms. The van der Waals surface area contributed by atoms with Crippen molar-refractivity contribution in [3.63, 3.8) is 0 Å². The van der Waals surface area contributed by atoms with Crippen LogP contribution < -0.4 is 68.5 Å². The Labute approximate surface area is 615 Å². The highest BCUT2D eigenvalue weighted by molar-refractivity contribution is 6.04. The number of likely N-dealkylation sites (tertiary alicyclic amines) is 2. The first kappa shape index (κ1) is 76.2. The van der Waals surface area contributed by atoms with Gasteiger partial charge in [0.1, 0.15) is 83.4 Å². The van der Waals surface area contributed by atoms with E-state index in [4.69, 9.17) is 74.8 Å². The minimum absolute atomic E-state index is 0.00217. The lowest BCUT2D eigenvalue weighted by Gasteiger charge is -2.29. The van der Waals surface area contributed by atoms with Gasteiger partial charge in [0.2, 0.25) is 17.7 Å². The number of rotatable bonds is 21. The Morgan fingerprint density at radius 1 is 0.509 bits per heavy atom. The number of piperidine rings is 1. The molecule has 8 aromatic carbocycles. The topological polar surface area (TPSA) is 402 Å². The van der Waals surface area contributed by atoms with Crippen LogP contribution in [0.3, 0.4) is 0 Å². The molecule has 4 amide bonds. The average molecular weight is 1430 g/mol. The molecular formula is C80H88N16O10. The molecule has 106 heavy (non-hydrogen) atoms. The number of hydrogen-bond acceptors (Lipinski definition) is 17. The molecule has 0 bridgehead atoms. The van der Waals surface area contributed by atoms with E-state index in [1.165, 1.54) is 17.4 Å². The Balaban J connectivity index is 0.000000152. The molecule has 5 aliphatic rings. The average Bonchev–Trinajstić information content (AvgIpc) is 1.65. The third-order valence-corrected chi connectivity index (χ3v) is 18.1. The number of carbonyl (C=O) groups excluding carboxylic acids is 5. The maximum Gasteiger partial charge on any atom is 0.329 e. The van der Waals surface area contributed by atoms with E-state index in [9.17, 15) is 24.0 Å². The third kappa shape index (κ3) is 21.3. The molecule has 26 nitrogen and oxygen atoms in total. The molecule has 0 aliphatic carbocycles. The van der Waals surface area contributed by atoms with E-state index in [0.29, 0.717) is 108 Å². The van der Waals surface area contributed by atoms with Gasteiger partial charge < -0.3 is 83.0 Å². The first-order valence-corrected chi connectivity index (χ1v) is 34.9. The predicted octanol–water partition coefficient (Wildman–Crippen LogP) is 8.60. The Hall–Kier alpha value is -12.4. The fourth-order valence-electron chi connectivity index (χ4n) is 12.7. The molecule has 548 valence electrons. The van der Waals surface area contributed by atoms with Crippen LogP contribution in [-0.2, 0) is 23.9 Å².